The Kier molecular flexibility index (Phi) is 8.02. The van der Waals surface area contributed by atoms with E-state index in [2.05, 4.69) is 26.0 Å². The summed E-state index contributed by atoms with van der Waals surface area (Å²) in [5.74, 6) is 0.823. The van der Waals surface area contributed by atoms with Crippen LogP contribution in [0.1, 0.15) is 55.9 Å². The molecule has 0 unspecified atom stereocenters. The van der Waals surface area contributed by atoms with E-state index in [-0.39, 0.29) is 12.5 Å². The first-order chi connectivity index (χ1) is 19.6. The summed E-state index contributed by atoms with van der Waals surface area (Å²) in [6.07, 6.45) is 6.67. The summed E-state index contributed by atoms with van der Waals surface area (Å²) in [6.45, 7) is 6.48. The summed E-state index contributed by atoms with van der Waals surface area (Å²) in [7, 11) is 3.03. The monoisotopic (exact) mass is 573 g/mol. The third kappa shape index (κ3) is 5.40. The lowest BCUT2D eigenvalue weighted by Crippen LogP contribution is -2.57. The number of carbonyl (C=O) groups is 1. The average molecular weight is 574 g/mol. The highest BCUT2D eigenvalue weighted by Crippen LogP contribution is 2.52. The van der Waals surface area contributed by atoms with E-state index in [4.69, 9.17) is 25.8 Å². The second-order valence-corrected chi connectivity index (χ2v) is 11.5. The molecule has 0 fully saturated rings. The smallest absolute Gasteiger partial charge is 0.260 e. The van der Waals surface area contributed by atoms with Gasteiger partial charge in [-0.2, -0.15) is 0 Å². The molecule has 2 heterocycles. The van der Waals surface area contributed by atoms with Crippen molar-refractivity contribution in [3.8, 4) is 11.5 Å². The molecule has 3 aromatic carbocycles. The van der Waals surface area contributed by atoms with Crippen LogP contribution in [0.5, 0.6) is 11.5 Å². The quantitative estimate of drug-likeness (QED) is 0.292. The number of fused-ring (bicyclic) bond motifs is 3. The Balaban J connectivity index is 1.70. The molecule has 0 bridgehead atoms. The maximum Gasteiger partial charge on any atom is 0.260 e. The van der Waals surface area contributed by atoms with Gasteiger partial charge in [-0.1, -0.05) is 53.6 Å². The zero-order chi connectivity index (χ0) is 29.4. The third-order valence-electron chi connectivity index (χ3n) is 7.87. The minimum absolute atomic E-state index is 0.272. The molecule has 1 amide bonds. The number of ether oxygens (including phenoxy) is 3. The molecule has 6 nitrogen and oxygen atoms in total. The van der Waals surface area contributed by atoms with Gasteiger partial charge in [0.2, 0.25) is 0 Å². The van der Waals surface area contributed by atoms with Gasteiger partial charge in [0.1, 0.15) is 17.1 Å². The molecule has 0 spiro atoms. The van der Waals surface area contributed by atoms with Gasteiger partial charge in [-0.3, -0.25) is 4.79 Å². The van der Waals surface area contributed by atoms with Crippen molar-refractivity contribution >= 4 is 29.3 Å². The van der Waals surface area contributed by atoms with Gasteiger partial charge in [0.25, 0.3) is 5.91 Å². The van der Waals surface area contributed by atoms with Crippen LogP contribution in [0.4, 0.5) is 5.69 Å². The molecule has 0 aliphatic carbocycles. The van der Waals surface area contributed by atoms with E-state index in [0.717, 1.165) is 24.0 Å². The van der Waals surface area contributed by atoms with Crippen LogP contribution < -0.4 is 14.4 Å². The van der Waals surface area contributed by atoms with Crippen LogP contribution in [0.25, 0.3) is 6.08 Å². The van der Waals surface area contributed by atoms with Crippen molar-refractivity contribution in [2.24, 2.45) is 0 Å². The number of anilines is 1. The first-order valence-electron chi connectivity index (χ1n) is 13.7. The standard InChI is InChI=1S/C34H36ClNO5/c1-22(2)7-6-19-33(3)20-18-24-10-17-28-29(30(24)41-33)34(38,25-11-15-27(39-4)16-12-25)31(40-5)32(37)36(28)21-23-8-13-26(35)14-9-23/h7-18,20,31,38H,6,19,21H2,1-5H3/t31-,33+,34+/m1/s1. The molecule has 3 atom stereocenters. The summed E-state index contributed by atoms with van der Waals surface area (Å²) < 4.78 is 18.0. The largest absolute Gasteiger partial charge is 0.497 e. The topological polar surface area (TPSA) is 68.2 Å². The molecule has 3 aromatic rings. The van der Waals surface area contributed by atoms with Crippen molar-refractivity contribution in [2.45, 2.75) is 57.5 Å². The number of rotatable bonds is 8. The van der Waals surface area contributed by atoms with Gasteiger partial charge >= 0.3 is 0 Å². The van der Waals surface area contributed by atoms with Crippen LogP contribution in [0.15, 0.2) is 78.4 Å². The van der Waals surface area contributed by atoms with Gasteiger partial charge in [-0.15, -0.1) is 0 Å². The third-order valence-corrected chi connectivity index (χ3v) is 8.12. The maximum atomic E-state index is 14.1. The van der Waals surface area contributed by atoms with Crippen LogP contribution in [0.2, 0.25) is 5.02 Å². The van der Waals surface area contributed by atoms with E-state index in [1.54, 1.807) is 48.4 Å². The fourth-order valence-corrected chi connectivity index (χ4v) is 5.78. The molecular weight excluding hydrogens is 538 g/mol. The predicted octanol–water partition coefficient (Wildman–Crippen LogP) is 7.06. The minimum atomic E-state index is -1.83. The number of benzene rings is 3. The van der Waals surface area contributed by atoms with Gasteiger partial charge in [0, 0.05) is 17.7 Å². The summed E-state index contributed by atoms with van der Waals surface area (Å²) in [6, 6.07) is 18.3. The van der Waals surface area contributed by atoms with Gasteiger partial charge in [0.05, 0.1) is 24.9 Å². The summed E-state index contributed by atoms with van der Waals surface area (Å²) in [4.78, 5) is 15.8. The number of allylic oxidation sites excluding steroid dienone is 2. The highest BCUT2D eigenvalue weighted by Gasteiger charge is 2.55. The van der Waals surface area contributed by atoms with E-state index in [1.807, 2.05) is 37.3 Å². The fourth-order valence-electron chi connectivity index (χ4n) is 5.66. The lowest BCUT2D eigenvalue weighted by Gasteiger charge is -2.46. The molecule has 0 saturated carbocycles. The highest BCUT2D eigenvalue weighted by atomic mass is 35.5. The zero-order valence-corrected chi connectivity index (χ0v) is 24.9. The van der Waals surface area contributed by atoms with E-state index in [1.165, 1.54) is 12.7 Å². The van der Waals surface area contributed by atoms with E-state index in [9.17, 15) is 9.90 Å². The van der Waals surface area contributed by atoms with Gasteiger partial charge < -0.3 is 24.2 Å². The van der Waals surface area contributed by atoms with Crippen molar-refractivity contribution in [3.63, 3.8) is 0 Å². The van der Waals surface area contributed by atoms with Crippen LogP contribution >= 0.6 is 11.6 Å². The molecule has 0 aromatic heterocycles. The van der Waals surface area contributed by atoms with Crippen molar-refractivity contribution < 1.29 is 24.1 Å². The second-order valence-electron chi connectivity index (χ2n) is 11.1. The Morgan fingerprint density at radius 1 is 1.07 bits per heavy atom. The maximum absolute atomic E-state index is 14.1. The second kappa shape index (κ2) is 11.4. The molecule has 41 heavy (non-hydrogen) atoms. The summed E-state index contributed by atoms with van der Waals surface area (Å²) in [5, 5.41) is 13.4. The molecular formula is C34H36ClNO5. The van der Waals surface area contributed by atoms with Crippen molar-refractivity contribution in [1.29, 1.82) is 0 Å². The molecule has 7 heteroatoms. The zero-order valence-electron chi connectivity index (χ0n) is 24.1. The van der Waals surface area contributed by atoms with Crippen molar-refractivity contribution in [3.05, 3.63) is 106 Å². The normalized spacial score (nSPS) is 23.0. The molecule has 2 aliphatic rings. The minimum Gasteiger partial charge on any atom is -0.497 e. The number of hydrogen-bond donors (Lipinski definition) is 1. The van der Waals surface area contributed by atoms with E-state index >= 15 is 0 Å². The SMILES string of the molecule is COc1ccc([C@]2(O)c3c(ccc4c3O[C@@](C)(CCC=C(C)C)C=C4)N(Cc3ccc(Cl)cc3)C(=O)[C@H]2OC)cc1. The lowest BCUT2D eigenvalue weighted by molar-refractivity contribution is -0.146. The number of aliphatic hydroxyl groups is 1. The van der Waals surface area contributed by atoms with Gasteiger partial charge in [-0.05, 0) is 87.2 Å². The Morgan fingerprint density at radius 2 is 1.78 bits per heavy atom. The van der Waals surface area contributed by atoms with Crippen molar-refractivity contribution in [1.82, 2.24) is 0 Å². The average Bonchev–Trinajstić information content (AvgIpc) is 2.95. The van der Waals surface area contributed by atoms with Crippen LogP contribution in [-0.2, 0) is 21.7 Å². The van der Waals surface area contributed by atoms with Gasteiger partial charge in [0.15, 0.2) is 11.7 Å². The summed E-state index contributed by atoms with van der Waals surface area (Å²) >= 11 is 6.13. The van der Waals surface area contributed by atoms with Crippen LogP contribution in [0.3, 0.4) is 0 Å². The Bertz CT molecular complexity index is 1490. The fraction of sp³-hybridized carbons (Fsp3) is 0.324. The number of methoxy groups -OCH3 is 2. The van der Waals surface area contributed by atoms with Crippen LogP contribution in [0, 0.1) is 0 Å². The molecule has 1 N–H and O–H groups in total. The Hall–Kier alpha value is -3.58. The van der Waals surface area contributed by atoms with E-state index in [0.29, 0.717) is 33.3 Å². The molecule has 2 aliphatic heterocycles. The van der Waals surface area contributed by atoms with Gasteiger partial charge in [-0.25, -0.2) is 0 Å². The lowest BCUT2D eigenvalue weighted by atomic mass is 9.75. The Morgan fingerprint density at radius 3 is 2.41 bits per heavy atom. The first kappa shape index (κ1) is 28.9. The predicted molar refractivity (Wildman–Crippen MR) is 163 cm³/mol. The number of halogens is 1. The number of hydrogen-bond acceptors (Lipinski definition) is 5. The molecule has 214 valence electrons. The number of carbonyl (C=O) groups excluding carboxylic acids is 1. The van der Waals surface area contributed by atoms with E-state index < -0.39 is 17.3 Å². The Labute approximate surface area is 246 Å². The molecule has 0 radical (unpaired) electrons. The highest BCUT2D eigenvalue weighted by molar-refractivity contribution is 6.30. The summed E-state index contributed by atoms with van der Waals surface area (Å²) in [5.41, 5.74) is 2.09. The molecule has 5 rings (SSSR count). The van der Waals surface area contributed by atoms with Crippen molar-refractivity contribution in [2.75, 3.05) is 19.1 Å². The first-order valence-corrected chi connectivity index (χ1v) is 14.1. The number of amides is 1. The number of nitrogens with zero attached hydrogens (tertiary/aromatic N) is 1. The molecule has 0 saturated heterocycles. The van der Waals surface area contributed by atoms with Crippen LogP contribution in [-0.4, -0.2) is 36.9 Å².